The molecule has 23 heavy (non-hydrogen) atoms. The second-order valence-corrected chi connectivity index (χ2v) is 5.10. The molecule has 1 amide bonds. The lowest BCUT2D eigenvalue weighted by atomic mass is 10.2. The molecule has 1 N–H and O–H groups in total. The highest BCUT2D eigenvalue weighted by molar-refractivity contribution is 6.04. The first-order valence-electron chi connectivity index (χ1n) is 7.26. The minimum absolute atomic E-state index is 0.197. The Kier molecular flexibility index (Phi) is 4.38. The minimum atomic E-state index is -0.197. The number of methoxy groups -OCH3 is 1. The van der Waals surface area contributed by atoms with E-state index in [4.69, 9.17) is 4.74 Å². The monoisotopic (exact) mass is 307 g/mol. The molecule has 0 saturated carbocycles. The highest BCUT2D eigenvalue weighted by Crippen LogP contribution is 2.17. The predicted molar refractivity (Wildman–Crippen MR) is 88.7 cm³/mol. The number of nitrogens with zero attached hydrogens (tertiary/aromatic N) is 2. The van der Waals surface area contributed by atoms with Crippen molar-refractivity contribution >= 4 is 11.6 Å². The molecule has 0 saturated heterocycles. The van der Waals surface area contributed by atoms with E-state index in [0.717, 1.165) is 5.56 Å². The zero-order valence-electron chi connectivity index (χ0n) is 12.8. The number of ether oxygens (including phenoxy) is 1. The van der Waals surface area contributed by atoms with Gasteiger partial charge in [0, 0.05) is 18.0 Å². The van der Waals surface area contributed by atoms with Crippen LogP contribution in [0.15, 0.2) is 67.0 Å². The maximum atomic E-state index is 12.3. The van der Waals surface area contributed by atoms with Crippen molar-refractivity contribution in [3.8, 4) is 5.75 Å². The van der Waals surface area contributed by atoms with Gasteiger partial charge in [0.1, 0.15) is 5.75 Å². The Morgan fingerprint density at radius 3 is 2.78 bits per heavy atom. The van der Waals surface area contributed by atoms with Crippen LogP contribution < -0.4 is 10.1 Å². The molecule has 2 aromatic carbocycles. The Bertz CT molecular complexity index is 797. The lowest BCUT2D eigenvalue weighted by Gasteiger charge is -2.05. The van der Waals surface area contributed by atoms with E-state index in [1.54, 1.807) is 30.3 Å². The van der Waals surface area contributed by atoms with Crippen LogP contribution in [0.1, 0.15) is 15.9 Å². The van der Waals surface area contributed by atoms with Crippen molar-refractivity contribution in [1.82, 2.24) is 9.78 Å². The average Bonchev–Trinajstić information content (AvgIpc) is 3.04. The van der Waals surface area contributed by atoms with Gasteiger partial charge in [0.05, 0.1) is 25.4 Å². The molecule has 0 aliphatic carbocycles. The third-order valence-corrected chi connectivity index (χ3v) is 3.41. The van der Waals surface area contributed by atoms with Crippen molar-refractivity contribution < 1.29 is 9.53 Å². The Morgan fingerprint density at radius 1 is 1.17 bits per heavy atom. The van der Waals surface area contributed by atoms with Gasteiger partial charge in [-0.1, -0.05) is 36.4 Å². The fourth-order valence-corrected chi connectivity index (χ4v) is 2.24. The van der Waals surface area contributed by atoms with E-state index in [0.29, 0.717) is 23.5 Å². The van der Waals surface area contributed by atoms with E-state index >= 15 is 0 Å². The van der Waals surface area contributed by atoms with Gasteiger partial charge in [-0.15, -0.1) is 0 Å². The molecule has 0 radical (unpaired) electrons. The predicted octanol–water partition coefficient (Wildman–Crippen LogP) is 3.19. The highest BCUT2D eigenvalue weighted by atomic mass is 16.5. The largest absolute Gasteiger partial charge is 0.497 e. The molecule has 1 aromatic heterocycles. The fourth-order valence-electron chi connectivity index (χ4n) is 2.24. The number of amides is 1. The van der Waals surface area contributed by atoms with E-state index in [1.165, 1.54) is 0 Å². The number of benzene rings is 2. The number of carbonyl (C=O) groups is 1. The fraction of sp³-hybridized carbons (Fsp3) is 0.111. The molecule has 0 atom stereocenters. The lowest BCUT2D eigenvalue weighted by molar-refractivity contribution is 0.102. The van der Waals surface area contributed by atoms with Gasteiger partial charge in [0.25, 0.3) is 5.91 Å². The van der Waals surface area contributed by atoms with Gasteiger partial charge in [0.15, 0.2) is 0 Å². The lowest BCUT2D eigenvalue weighted by Crippen LogP contribution is -2.11. The maximum Gasteiger partial charge on any atom is 0.258 e. The summed E-state index contributed by atoms with van der Waals surface area (Å²) in [5, 5.41) is 7.08. The molecule has 0 fully saturated rings. The molecule has 0 spiro atoms. The zero-order valence-corrected chi connectivity index (χ0v) is 12.8. The van der Waals surface area contributed by atoms with Gasteiger partial charge in [-0.3, -0.25) is 9.48 Å². The summed E-state index contributed by atoms with van der Waals surface area (Å²) in [5.74, 6) is 0.500. The number of aromatic nitrogens is 2. The van der Waals surface area contributed by atoms with Crippen LogP contribution in [0.25, 0.3) is 0 Å². The second kappa shape index (κ2) is 6.79. The third-order valence-electron chi connectivity index (χ3n) is 3.41. The Labute approximate surface area is 134 Å². The van der Waals surface area contributed by atoms with Crippen LogP contribution in [-0.2, 0) is 6.54 Å². The Hall–Kier alpha value is -3.08. The van der Waals surface area contributed by atoms with Gasteiger partial charge < -0.3 is 10.1 Å². The van der Waals surface area contributed by atoms with Crippen molar-refractivity contribution in [3.63, 3.8) is 0 Å². The smallest absolute Gasteiger partial charge is 0.258 e. The molecular formula is C18H17N3O2. The molecule has 5 heteroatoms. The van der Waals surface area contributed by atoms with Crippen LogP contribution in [0.5, 0.6) is 5.75 Å². The second-order valence-electron chi connectivity index (χ2n) is 5.10. The summed E-state index contributed by atoms with van der Waals surface area (Å²) in [6.07, 6.45) is 3.31. The summed E-state index contributed by atoms with van der Waals surface area (Å²) >= 11 is 0. The molecule has 116 valence electrons. The molecular weight excluding hydrogens is 290 g/mol. The van der Waals surface area contributed by atoms with Gasteiger partial charge in [0.2, 0.25) is 0 Å². The Balaban J connectivity index is 1.68. The van der Waals surface area contributed by atoms with E-state index < -0.39 is 0 Å². The number of carbonyl (C=O) groups excluding carboxylic acids is 1. The number of nitrogens with one attached hydrogen (secondary N) is 1. The highest BCUT2D eigenvalue weighted by Gasteiger charge is 2.09. The molecule has 1 heterocycles. The van der Waals surface area contributed by atoms with Crippen LogP contribution >= 0.6 is 0 Å². The number of anilines is 1. The minimum Gasteiger partial charge on any atom is -0.497 e. The average molecular weight is 307 g/mol. The van der Waals surface area contributed by atoms with Crippen molar-refractivity contribution in [2.45, 2.75) is 6.54 Å². The van der Waals surface area contributed by atoms with Gasteiger partial charge in [-0.05, 0) is 17.7 Å². The van der Waals surface area contributed by atoms with Crippen LogP contribution in [0.3, 0.4) is 0 Å². The van der Waals surface area contributed by atoms with E-state index in [9.17, 15) is 4.79 Å². The van der Waals surface area contributed by atoms with Crippen LogP contribution in [-0.4, -0.2) is 22.8 Å². The molecule has 3 aromatic rings. The van der Waals surface area contributed by atoms with Gasteiger partial charge in [-0.2, -0.15) is 5.10 Å². The number of hydrogen-bond donors (Lipinski definition) is 1. The van der Waals surface area contributed by atoms with Crippen molar-refractivity contribution in [1.29, 1.82) is 0 Å². The van der Waals surface area contributed by atoms with Crippen LogP contribution in [0.2, 0.25) is 0 Å². The molecule has 0 aliphatic rings. The first kappa shape index (κ1) is 14.8. The summed E-state index contributed by atoms with van der Waals surface area (Å²) in [5.41, 5.74) is 2.34. The van der Waals surface area contributed by atoms with Crippen LogP contribution in [0, 0.1) is 0 Å². The molecule has 0 bridgehead atoms. The summed E-state index contributed by atoms with van der Waals surface area (Å²) < 4.78 is 6.89. The molecule has 0 unspecified atom stereocenters. The first-order valence-corrected chi connectivity index (χ1v) is 7.26. The summed E-state index contributed by atoms with van der Waals surface area (Å²) in [6.45, 7) is 0.632. The van der Waals surface area contributed by atoms with E-state index in [2.05, 4.69) is 10.4 Å². The van der Waals surface area contributed by atoms with Crippen molar-refractivity contribution in [3.05, 3.63) is 78.1 Å². The van der Waals surface area contributed by atoms with E-state index in [-0.39, 0.29) is 5.91 Å². The molecule has 3 rings (SSSR count). The summed E-state index contributed by atoms with van der Waals surface area (Å²) in [4.78, 5) is 12.3. The standard InChI is InChI=1S/C18H17N3O2/c1-23-17-9-5-8-16(10-17)20-18(22)15-11-19-21(13-15)12-14-6-3-2-4-7-14/h2-11,13H,12H2,1H3,(H,20,22). The van der Waals surface area contributed by atoms with Crippen molar-refractivity contribution in [2.24, 2.45) is 0 Å². The quantitative estimate of drug-likeness (QED) is 0.787. The zero-order chi connectivity index (χ0) is 16.1. The number of rotatable bonds is 5. The van der Waals surface area contributed by atoms with Gasteiger partial charge >= 0.3 is 0 Å². The number of hydrogen-bond acceptors (Lipinski definition) is 3. The maximum absolute atomic E-state index is 12.3. The topological polar surface area (TPSA) is 56.1 Å². The molecule has 5 nitrogen and oxygen atoms in total. The third kappa shape index (κ3) is 3.77. The van der Waals surface area contributed by atoms with Crippen molar-refractivity contribution in [2.75, 3.05) is 12.4 Å². The van der Waals surface area contributed by atoms with Gasteiger partial charge in [-0.25, -0.2) is 0 Å². The molecule has 0 aliphatic heterocycles. The first-order chi connectivity index (χ1) is 11.2. The Morgan fingerprint density at radius 2 is 2.00 bits per heavy atom. The SMILES string of the molecule is COc1cccc(NC(=O)c2cnn(Cc3ccccc3)c2)c1. The summed E-state index contributed by atoms with van der Waals surface area (Å²) in [7, 11) is 1.59. The van der Waals surface area contributed by atoms with Crippen LogP contribution in [0.4, 0.5) is 5.69 Å². The normalized spacial score (nSPS) is 10.3. The van der Waals surface area contributed by atoms with E-state index in [1.807, 2.05) is 48.5 Å². The summed E-state index contributed by atoms with van der Waals surface area (Å²) in [6, 6.07) is 17.2.